The highest BCUT2D eigenvalue weighted by molar-refractivity contribution is 7.85. The molecular weight excluding hydrogens is 285 g/mol. The Bertz CT molecular complexity index is 648. The molecule has 9 heteroatoms. The molecular formula is C10H7F3N2O3S. The Labute approximate surface area is 106 Å². The Balaban J connectivity index is 2.21. The van der Waals surface area contributed by atoms with Crippen molar-refractivity contribution in [1.82, 2.24) is 8.96 Å². The number of alkyl halides is 3. The maximum atomic E-state index is 12.3. The van der Waals surface area contributed by atoms with E-state index in [-0.39, 0.29) is 5.75 Å². The van der Waals surface area contributed by atoms with Crippen LogP contribution in [0.25, 0.3) is 0 Å². The minimum atomic E-state index is -4.48. The number of imidazole rings is 1. The lowest BCUT2D eigenvalue weighted by Gasteiger charge is -2.09. The normalized spacial score (nSPS) is 12.4. The quantitative estimate of drug-likeness (QED) is 0.869. The van der Waals surface area contributed by atoms with Crippen LogP contribution in [0, 0.1) is 0 Å². The molecule has 0 bridgehead atoms. The van der Waals surface area contributed by atoms with Crippen LogP contribution >= 0.6 is 0 Å². The summed E-state index contributed by atoms with van der Waals surface area (Å²) in [6, 6.07) is 3.33. The van der Waals surface area contributed by atoms with E-state index in [4.69, 9.17) is 0 Å². The number of hydrogen-bond acceptors (Lipinski definition) is 4. The van der Waals surface area contributed by atoms with E-state index in [1.807, 2.05) is 0 Å². The third-order valence-corrected chi connectivity index (χ3v) is 3.26. The highest BCUT2D eigenvalue weighted by Crippen LogP contribution is 2.30. The van der Waals surface area contributed by atoms with Gasteiger partial charge in [0.25, 0.3) is 0 Å². The van der Waals surface area contributed by atoms with E-state index in [1.165, 1.54) is 6.20 Å². The van der Waals surface area contributed by atoms with Crippen molar-refractivity contribution in [3.63, 3.8) is 0 Å². The molecule has 0 aliphatic heterocycles. The van der Waals surface area contributed by atoms with Crippen molar-refractivity contribution in [2.75, 3.05) is 0 Å². The maximum Gasteiger partial charge on any atom is 0.416 e. The summed E-state index contributed by atoms with van der Waals surface area (Å²) in [6.45, 7) is 0. The van der Waals surface area contributed by atoms with Gasteiger partial charge in [0, 0.05) is 12.4 Å². The molecule has 0 unspecified atom stereocenters. The zero-order valence-electron chi connectivity index (χ0n) is 9.20. The first-order chi connectivity index (χ1) is 8.79. The lowest BCUT2D eigenvalue weighted by Crippen LogP contribution is -2.17. The van der Waals surface area contributed by atoms with E-state index in [2.05, 4.69) is 9.17 Å². The second kappa shape index (κ2) is 4.57. The second-order valence-corrected chi connectivity index (χ2v) is 4.90. The van der Waals surface area contributed by atoms with Crippen LogP contribution in [0.2, 0.25) is 0 Å². The molecule has 0 saturated heterocycles. The summed E-state index contributed by atoms with van der Waals surface area (Å²) in [5.41, 5.74) is -0.889. The van der Waals surface area contributed by atoms with Gasteiger partial charge in [-0.3, -0.25) is 0 Å². The summed E-state index contributed by atoms with van der Waals surface area (Å²) in [5, 5.41) is 0. The van der Waals surface area contributed by atoms with Gasteiger partial charge in [-0.1, -0.05) is 0 Å². The van der Waals surface area contributed by atoms with Crippen molar-refractivity contribution < 1.29 is 25.8 Å². The van der Waals surface area contributed by atoms with E-state index in [9.17, 15) is 21.6 Å². The number of rotatable bonds is 3. The first-order valence-electron chi connectivity index (χ1n) is 4.89. The average Bonchev–Trinajstić information content (AvgIpc) is 2.82. The Hall–Kier alpha value is -2.03. The van der Waals surface area contributed by atoms with Crippen molar-refractivity contribution in [3.05, 3.63) is 48.5 Å². The zero-order chi connectivity index (χ0) is 14.1. The van der Waals surface area contributed by atoms with Gasteiger partial charge in [-0.25, -0.2) is 8.96 Å². The van der Waals surface area contributed by atoms with Gasteiger partial charge in [0.1, 0.15) is 12.1 Å². The second-order valence-electron chi connectivity index (χ2n) is 3.46. The fourth-order valence-electron chi connectivity index (χ4n) is 1.24. The molecule has 0 fully saturated rings. The Morgan fingerprint density at radius 3 is 2.26 bits per heavy atom. The van der Waals surface area contributed by atoms with Crippen LogP contribution in [0.4, 0.5) is 13.2 Å². The molecule has 0 aliphatic carbocycles. The topological polar surface area (TPSA) is 61.2 Å². The smallest absolute Gasteiger partial charge is 0.366 e. The van der Waals surface area contributed by atoms with Gasteiger partial charge in [-0.15, -0.1) is 0 Å². The van der Waals surface area contributed by atoms with Gasteiger partial charge >= 0.3 is 16.5 Å². The average molecular weight is 292 g/mol. The van der Waals surface area contributed by atoms with Crippen LogP contribution in [0.3, 0.4) is 0 Å². The Kier molecular flexibility index (Phi) is 3.23. The Morgan fingerprint density at radius 1 is 1.16 bits per heavy atom. The standard InChI is InChI=1S/C10H7F3N2O3S/c11-10(12,13)8-1-3-9(4-2-8)18-19(16,17)15-6-5-14-7-15/h1-7H. The van der Waals surface area contributed by atoms with Crippen LogP contribution in [0.5, 0.6) is 5.75 Å². The third-order valence-electron chi connectivity index (χ3n) is 2.12. The summed E-state index contributed by atoms with van der Waals surface area (Å²) < 4.78 is 65.5. The first kappa shape index (κ1) is 13.4. The molecule has 5 nitrogen and oxygen atoms in total. The van der Waals surface area contributed by atoms with E-state index in [1.54, 1.807) is 0 Å². The monoisotopic (exact) mass is 292 g/mol. The van der Waals surface area contributed by atoms with E-state index < -0.39 is 22.0 Å². The molecule has 0 atom stereocenters. The van der Waals surface area contributed by atoms with Crippen LogP contribution in [-0.4, -0.2) is 17.4 Å². The molecule has 19 heavy (non-hydrogen) atoms. The molecule has 102 valence electrons. The molecule has 2 rings (SSSR count). The van der Waals surface area contributed by atoms with Gasteiger partial charge in [0.05, 0.1) is 5.56 Å². The fourth-order valence-corrected chi connectivity index (χ4v) is 2.06. The molecule has 2 aromatic rings. The summed E-state index contributed by atoms with van der Waals surface area (Å²) in [4.78, 5) is 3.53. The summed E-state index contributed by atoms with van der Waals surface area (Å²) >= 11 is 0. The lowest BCUT2D eigenvalue weighted by molar-refractivity contribution is -0.137. The fraction of sp³-hybridized carbons (Fsp3) is 0.100. The maximum absolute atomic E-state index is 12.3. The van der Waals surface area contributed by atoms with Gasteiger partial charge in [-0.2, -0.15) is 21.6 Å². The molecule has 0 spiro atoms. The number of hydrogen-bond donors (Lipinski definition) is 0. The molecule has 0 radical (unpaired) electrons. The number of halogens is 3. The lowest BCUT2D eigenvalue weighted by atomic mass is 10.2. The highest BCUT2D eigenvalue weighted by Gasteiger charge is 2.30. The first-order valence-corrected chi connectivity index (χ1v) is 6.26. The third kappa shape index (κ3) is 3.05. The molecule has 0 saturated carbocycles. The number of benzene rings is 1. The van der Waals surface area contributed by atoms with Gasteiger partial charge < -0.3 is 4.18 Å². The van der Waals surface area contributed by atoms with Crippen LogP contribution < -0.4 is 4.18 Å². The SMILES string of the molecule is O=S(=O)(Oc1ccc(C(F)(F)F)cc1)n1ccnc1. The van der Waals surface area contributed by atoms with Crippen molar-refractivity contribution in [2.24, 2.45) is 0 Å². The molecule has 1 aromatic heterocycles. The minimum Gasteiger partial charge on any atom is -0.366 e. The summed E-state index contributed by atoms with van der Waals surface area (Å²) in [6.07, 6.45) is -1.12. The van der Waals surface area contributed by atoms with Crippen molar-refractivity contribution in [2.45, 2.75) is 6.18 Å². The zero-order valence-corrected chi connectivity index (χ0v) is 10.0. The van der Waals surface area contributed by atoms with Crippen molar-refractivity contribution in [3.8, 4) is 5.75 Å². The predicted octanol–water partition coefficient (Wildman–Crippen LogP) is 2.07. The van der Waals surface area contributed by atoms with Gasteiger partial charge in [0.2, 0.25) is 0 Å². The van der Waals surface area contributed by atoms with Crippen LogP contribution in [0.1, 0.15) is 5.56 Å². The molecule has 0 N–H and O–H groups in total. The largest absolute Gasteiger partial charge is 0.416 e. The van der Waals surface area contributed by atoms with E-state index in [0.29, 0.717) is 3.97 Å². The van der Waals surface area contributed by atoms with E-state index >= 15 is 0 Å². The highest BCUT2D eigenvalue weighted by atomic mass is 32.2. The molecule has 0 amide bonds. The van der Waals surface area contributed by atoms with Crippen LogP contribution in [-0.2, 0) is 16.5 Å². The van der Waals surface area contributed by atoms with Crippen molar-refractivity contribution >= 4 is 10.3 Å². The van der Waals surface area contributed by atoms with Gasteiger partial charge in [-0.05, 0) is 24.3 Å². The van der Waals surface area contributed by atoms with Gasteiger partial charge in [0.15, 0.2) is 0 Å². The number of nitrogens with zero attached hydrogens (tertiary/aromatic N) is 2. The summed E-state index contributed by atoms with van der Waals surface area (Å²) in [7, 11) is -4.15. The number of aromatic nitrogens is 2. The molecule has 1 aromatic carbocycles. The Morgan fingerprint density at radius 2 is 1.79 bits per heavy atom. The summed E-state index contributed by atoms with van der Waals surface area (Å²) in [5.74, 6) is -0.221. The van der Waals surface area contributed by atoms with Crippen LogP contribution in [0.15, 0.2) is 43.0 Å². The van der Waals surface area contributed by atoms with Crippen molar-refractivity contribution in [1.29, 1.82) is 0 Å². The molecule has 0 aliphatic rings. The minimum absolute atomic E-state index is 0.221. The van der Waals surface area contributed by atoms with E-state index in [0.717, 1.165) is 36.8 Å². The molecule has 1 heterocycles. The predicted molar refractivity (Wildman–Crippen MR) is 58.6 cm³/mol.